The van der Waals surface area contributed by atoms with E-state index in [1.54, 1.807) is 0 Å². The Morgan fingerprint density at radius 2 is 2.14 bits per heavy atom. The minimum Gasteiger partial charge on any atom is -0.493 e. The van der Waals surface area contributed by atoms with Crippen LogP contribution < -0.4 is 10.1 Å². The second-order valence-electron chi connectivity index (χ2n) is 8.26. The molecule has 1 fully saturated rings. The number of para-hydroxylation sites is 1. The quantitative estimate of drug-likeness (QED) is 0.699. The molecule has 5 heteroatoms. The van der Waals surface area contributed by atoms with Crippen molar-refractivity contribution in [1.29, 1.82) is 0 Å². The van der Waals surface area contributed by atoms with Crippen LogP contribution in [0.5, 0.6) is 5.75 Å². The molecule has 0 unspecified atom stereocenters. The highest BCUT2D eigenvalue weighted by atomic mass is 16.5. The Bertz CT molecular complexity index is 993. The Hall–Kier alpha value is -2.79. The number of piperidine rings is 1. The van der Waals surface area contributed by atoms with Crippen molar-refractivity contribution in [3.05, 3.63) is 65.4 Å². The Morgan fingerprint density at radius 3 is 3.07 bits per heavy atom. The minimum absolute atomic E-state index is 0.0167. The zero-order valence-electron chi connectivity index (χ0n) is 16.6. The maximum absolute atomic E-state index is 12.6. The van der Waals surface area contributed by atoms with E-state index in [1.807, 2.05) is 30.3 Å². The summed E-state index contributed by atoms with van der Waals surface area (Å²) in [6.07, 6.45) is 3.37. The van der Waals surface area contributed by atoms with Crippen molar-refractivity contribution in [2.75, 3.05) is 26.2 Å². The molecule has 0 spiro atoms. The van der Waals surface area contributed by atoms with E-state index >= 15 is 0 Å². The number of aromatic amines is 1. The van der Waals surface area contributed by atoms with E-state index in [2.05, 4.69) is 33.4 Å². The van der Waals surface area contributed by atoms with Gasteiger partial charge in [-0.2, -0.15) is 0 Å². The third kappa shape index (κ3) is 4.01. The number of H-pyrrole nitrogens is 1. The molecule has 5 rings (SSSR count). The van der Waals surface area contributed by atoms with Gasteiger partial charge >= 0.3 is 0 Å². The predicted molar refractivity (Wildman–Crippen MR) is 114 cm³/mol. The van der Waals surface area contributed by atoms with E-state index in [-0.39, 0.29) is 5.91 Å². The molecule has 3 aromatic rings. The molecule has 150 valence electrons. The van der Waals surface area contributed by atoms with E-state index in [9.17, 15) is 4.79 Å². The van der Waals surface area contributed by atoms with Crippen LogP contribution >= 0.6 is 0 Å². The predicted octanol–water partition coefficient (Wildman–Crippen LogP) is 3.74. The van der Waals surface area contributed by atoms with Gasteiger partial charge in [0.15, 0.2) is 0 Å². The lowest BCUT2D eigenvalue weighted by molar-refractivity contribution is 0.0926. The molecule has 1 amide bonds. The van der Waals surface area contributed by atoms with Crippen molar-refractivity contribution in [2.24, 2.45) is 5.92 Å². The lowest BCUT2D eigenvalue weighted by Gasteiger charge is -2.33. The minimum atomic E-state index is -0.0167. The standard InChI is InChI=1S/C24H27N3O2/c28-24(22-13-19-5-1-2-6-21(19)26-22)25-14-18-4-3-10-27(16-18)15-17-7-8-23-20(12-17)9-11-29-23/h1-2,5-8,12-13,18,26H,3-4,9-11,14-16H2,(H,25,28)/t18-/m0/s1. The fourth-order valence-corrected chi connectivity index (χ4v) is 4.59. The largest absolute Gasteiger partial charge is 0.493 e. The van der Waals surface area contributed by atoms with Gasteiger partial charge < -0.3 is 15.0 Å². The maximum atomic E-state index is 12.6. The fraction of sp³-hybridized carbons (Fsp3) is 0.375. The zero-order chi connectivity index (χ0) is 19.6. The summed E-state index contributed by atoms with van der Waals surface area (Å²) in [7, 11) is 0. The van der Waals surface area contributed by atoms with Gasteiger partial charge in [-0.15, -0.1) is 0 Å². The normalized spacial score (nSPS) is 19.1. The van der Waals surface area contributed by atoms with E-state index < -0.39 is 0 Å². The molecule has 1 aromatic heterocycles. The maximum Gasteiger partial charge on any atom is 0.267 e. The van der Waals surface area contributed by atoms with Gasteiger partial charge in [0.25, 0.3) is 5.91 Å². The second kappa shape index (κ2) is 7.91. The number of aromatic nitrogens is 1. The topological polar surface area (TPSA) is 57.4 Å². The van der Waals surface area contributed by atoms with E-state index in [1.165, 1.54) is 24.0 Å². The summed E-state index contributed by atoms with van der Waals surface area (Å²) in [6, 6.07) is 16.5. The molecule has 2 aromatic carbocycles. The summed E-state index contributed by atoms with van der Waals surface area (Å²) in [4.78, 5) is 18.3. The van der Waals surface area contributed by atoms with Crippen LogP contribution in [0.1, 0.15) is 34.5 Å². The highest BCUT2D eigenvalue weighted by Crippen LogP contribution is 2.27. The van der Waals surface area contributed by atoms with Crippen LogP contribution in [0.15, 0.2) is 48.5 Å². The second-order valence-corrected chi connectivity index (χ2v) is 8.26. The first-order valence-corrected chi connectivity index (χ1v) is 10.6. The number of nitrogens with zero attached hydrogens (tertiary/aromatic N) is 1. The van der Waals surface area contributed by atoms with Crippen LogP contribution in [0.3, 0.4) is 0 Å². The highest BCUT2D eigenvalue weighted by molar-refractivity contribution is 5.97. The van der Waals surface area contributed by atoms with Crippen molar-refractivity contribution < 1.29 is 9.53 Å². The third-order valence-electron chi connectivity index (χ3n) is 6.09. The van der Waals surface area contributed by atoms with Crippen molar-refractivity contribution in [1.82, 2.24) is 15.2 Å². The van der Waals surface area contributed by atoms with Crippen LogP contribution in [0.25, 0.3) is 10.9 Å². The van der Waals surface area contributed by atoms with Crippen LogP contribution in [0.4, 0.5) is 0 Å². The third-order valence-corrected chi connectivity index (χ3v) is 6.09. The summed E-state index contributed by atoms with van der Waals surface area (Å²) < 4.78 is 5.61. The molecule has 29 heavy (non-hydrogen) atoms. The fourth-order valence-electron chi connectivity index (χ4n) is 4.59. The summed E-state index contributed by atoms with van der Waals surface area (Å²) in [5, 5.41) is 4.21. The first-order valence-electron chi connectivity index (χ1n) is 10.6. The van der Waals surface area contributed by atoms with E-state index in [4.69, 9.17) is 4.74 Å². The molecule has 2 aliphatic rings. The number of hydrogen-bond donors (Lipinski definition) is 2. The summed E-state index contributed by atoms with van der Waals surface area (Å²) >= 11 is 0. The van der Waals surface area contributed by atoms with Gasteiger partial charge in [-0.1, -0.05) is 30.3 Å². The lowest BCUT2D eigenvalue weighted by Crippen LogP contribution is -2.40. The van der Waals surface area contributed by atoms with Gasteiger partial charge in [-0.3, -0.25) is 9.69 Å². The number of rotatable bonds is 5. The Kier molecular flexibility index (Phi) is 4.98. The molecule has 0 radical (unpaired) electrons. The Morgan fingerprint density at radius 1 is 1.21 bits per heavy atom. The van der Waals surface area contributed by atoms with Gasteiger partial charge in [0.2, 0.25) is 0 Å². The van der Waals surface area contributed by atoms with Crippen molar-refractivity contribution in [3.8, 4) is 5.75 Å². The van der Waals surface area contributed by atoms with Crippen molar-refractivity contribution in [2.45, 2.75) is 25.8 Å². The molecule has 2 aliphatic heterocycles. The van der Waals surface area contributed by atoms with Gasteiger partial charge in [-0.25, -0.2) is 0 Å². The molecule has 5 nitrogen and oxygen atoms in total. The Balaban J connectivity index is 1.16. The van der Waals surface area contributed by atoms with Crippen LogP contribution in [0, 0.1) is 5.92 Å². The molecular weight excluding hydrogens is 362 g/mol. The van der Waals surface area contributed by atoms with Crippen LogP contribution in [0.2, 0.25) is 0 Å². The van der Waals surface area contributed by atoms with Crippen molar-refractivity contribution in [3.63, 3.8) is 0 Å². The van der Waals surface area contributed by atoms with Gasteiger partial charge in [0.1, 0.15) is 11.4 Å². The Labute approximate surface area is 171 Å². The summed E-state index contributed by atoms with van der Waals surface area (Å²) in [5.74, 6) is 1.52. The molecule has 1 saturated heterocycles. The molecule has 1 atom stereocenters. The van der Waals surface area contributed by atoms with E-state index in [0.717, 1.165) is 55.9 Å². The first-order chi connectivity index (χ1) is 14.2. The molecule has 0 saturated carbocycles. The lowest BCUT2D eigenvalue weighted by atomic mass is 9.97. The monoisotopic (exact) mass is 389 g/mol. The van der Waals surface area contributed by atoms with Gasteiger partial charge in [0, 0.05) is 37.0 Å². The highest BCUT2D eigenvalue weighted by Gasteiger charge is 2.22. The molecule has 2 N–H and O–H groups in total. The number of likely N-dealkylation sites (tertiary alicyclic amines) is 1. The number of nitrogens with one attached hydrogen (secondary N) is 2. The smallest absolute Gasteiger partial charge is 0.267 e. The summed E-state index contributed by atoms with van der Waals surface area (Å²) in [5.41, 5.74) is 4.33. The average molecular weight is 389 g/mol. The molecular formula is C24H27N3O2. The number of carbonyl (C=O) groups excluding carboxylic acids is 1. The van der Waals surface area contributed by atoms with Gasteiger partial charge in [-0.05, 0) is 54.6 Å². The van der Waals surface area contributed by atoms with Crippen molar-refractivity contribution >= 4 is 16.8 Å². The van der Waals surface area contributed by atoms with E-state index in [0.29, 0.717) is 11.6 Å². The number of benzene rings is 2. The van der Waals surface area contributed by atoms with Crippen LogP contribution in [-0.2, 0) is 13.0 Å². The number of carbonyl (C=O) groups is 1. The number of fused-ring (bicyclic) bond motifs is 2. The molecule has 0 bridgehead atoms. The molecule has 3 heterocycles. The number of ether oxygens (including phenoxy) is 1. The van der Waals surface area contributed by atoms with Crippen LogP contribution in [-0.4, -0.2) is 42.0 Å². The number of amides is 1. The average Bonchev–Trinajstić information content (AvgIpc) is 3.38. The summed E-state index contributed by atoms with van der Waals surface area (Å²) in [6.45, 7) is 4.66. The number of hydrogen-bond acceptors (Lipinski definition) is 3. The SMILES string of the molecule is O=C(NC[C@@H]1CCCN(Cc2ccc3c(c2)CCO3)C1)c1cc2ccccc2[nH]1. The first kappa shape index (κ1) is 18.3. The zero-order valence-corrected chi connectivity index (χ0v) is 16.6. The molecule has 0 aliphatic carbocycles. The van der Waals surface area contributed by atoms with Gasteiger partial charge in [0.05, 0.1) is 6.61 Å².